The molecular formula is C31H41ClN4O6. The van der Waals surface area contributed by atoms with Gasteiger partial charge in [0.05, 0.1) is 24.2 Å². The van der Waals surface area contributed by atoms with Crippen LogP contribution in [0.2, 0.25) is 5.02 Å². The van der Waals surface area contributed by atoms with Gasteiger partial charge in [-0.1, -0.05) is 30.5 Å². The lowest BCUT2D eigenvalue weighted by molar-refractivity contribution is -0.156. The zero-order valence-corrected chi connectivity index (χ0v) is 25.2. The molecular weight excluding hydrogens is 560 g/mol. The number of aromatic nitrogens is 1. The molecule has 1 aliphatic carbocycles. The van der Waals surface area contributed by atoms with E-state index in [1.54, 1.807) is 31.5 Å². The first-order chi connectivity index (χ1) is 20.3. The summed E-state index contributed by atoms with van der Waals surface area (Å²) in [6.45, 7) is 4.16. The fourth-order valence-corrected chi connectivity index (χ4v) is 5.52. The van der Waals surface area contributed by atoms with Crippen molar-refractivity contribution in [2.24, 2.45) is 11.3 Å². The van der Waals surface area contributed by atoms with Crippen LogP contribution < -0.4 is 20.1 Å². The van der Waals surface area contributed by atoms with Crippen LogP contribution in [-0.4, -0.2) is 74.2 Å². The van der Waals surface area contributed by atoms with Crippen molar-refractivity contribution in [3.05, 3.63) is 52.8 Å². The maximum absolute atomic E-state index is 13.5. The highest BCUT2D eigenvalue weighted by Gasteiger charge is 2.44. The number of fused-ring (bicyclic) bond motifs is 2. The van der Waals surface area contributed by atoms with E-state index in [0.717, 1.165) is 24.0 Å². The van der Waals surface area contributed by atoms with Crippen molar-refractivity contribution in [3.63, 3.8) is 0 Å². The summed E-state index contributed by atoms with van der Waals surface area (Å²) in [4.78, 5) is 45.5. The van der Waals surface area contributed by atoms with Crippen LogP contribution in [-0.2, 0) is 32.1 Å². The van der Waals surface area contributed by atoms with Crippen molar-refractivity contribution in [1.29, 1.82) is 0 Å². The summed E-state index contributed by atoms with van der Waals surface area (Å²) in [5.41, 5.74) is 0.825. The van der Waals surface area contributed by atoms with Gasteiger partial charge in [-0.25, -0.2) is 0 Å². The molecule has 228 valence electrons. The number of nitrogens with one attached hydrogen (secondary N) is 2. The normalized spacial score (nSPS) is 21.2. The topological polar surface area (TPSA) is 119 Å². The molecule has 1 atom stereocenters. The Hall–Kier alpha value is -3.37. The number of hydrogen-bond acceptors (Lipinski definition) is 8. The Kier molecular flexibility index (Phi) is 11.4. The van der Waals surface area contributed by atoms with Gasteiger partial charge in [-0.2, -0.15) is 0 Å². The molecule has 2 N–H and O–H groups in total. The molecule has 42 heavy (non-hydrogen) atoms. The number of benzene rings is 1. The Morgan fingerprint density at radius 2 is 2.02 bits per heavy atom. The Morgan fingerprint density at radius 3 is 2.76 bits per heavy atom. The number of carbonyl (C=O) groups is 3. The van der Waals surface area contributed by atoms with Crippen molar-refractivity contribution in [2.45, 2.75) is 52.0 Å². The number of halogens is 1. The maximum Gasteiger partial charge on any atom is 0.314 e. The molecule has 0 spiro atoms. The van der Waals surface area contributed by atoms with Crippen molar-refractivity contribution in [2.75, 3.05) is 46.5 Å². The predicted molar refractivity (Wildman–Crippen MR) is 158 cm³/mol. The summed E-state index contributed by atoms with van der Waals surface area (Å²) in [7, 11) is 1.54. The molecule has 11 heteroatoms. The molecule has 2 aliphatic rings. The predicted octanol–water partition coefficient (Wildman–Crippen LogP) is 3.54. The number of ether oxygens (including phenoxy) is 3. The standard InChI is InChI=1S/C31H41ClN4O6/c1-3-41-30(39)31(16-22-6-7-22)17-23-8-9-26(40-2)27(15-23)42-20-29(38)34-12-14-36(13-4-5-28(37)35-21-31)19-24-10-11-33-18-25(24)32/h8-11,15,18,22H,3-7,12-14,16-17,19-21H2,1-2H3,(H,34,38)(H,35,37). The van der Waals surface area contributed by atoms with Crippen LogP contribution in [0.15, 0.2) is 36.7 Å². The number of amides is 2. The molecule has 4 rings (SSSR count). The molecule has 0 saturated heterocycles. The fourth-order valence-electron chi connectivity index (χ4n) is 5.34. The van der Waals surface area contributed by atoms with Gasteiger partial charge in [0, 0.05) is 45.0 Å². The summed E-state index contributed by atoms with van der Waals surface area (Å²) in [6, 6.07) is 7.33. The van der Waals surface area contributed by atoms with Crippen LogP contribution in [0.5, 0.6) is 11.5 Å². The number of methoxy groups -OCH3 is 1. The quantitative estimate of drug-likeness (QED) is 0.463. The van der Waals surface area contributed by atoms with Crippen molar-refractivity contribution in [1.82, 2.24) is 20.5 Å². The Labute approximate surface area is 252 Å². The second-order valence-electron chi connectivity index (χ2n) is 11.1. The van der Waals surface area contributed by atoms with Crippen LogP contribution in [0.4, 0.5) is 0 Å². The SMILES string of the molecule is CCOC(=O)C1(CC2CC2)CNC(=O)CCCN(Cc2ccncc2Cl)CCNC(=O)COc2cc(ccc2OC)C1. The van der Waals surface area contributed by atoms with E-state index >= 15 is 0 Å². The molecule has 2 heterocycles. The third-order valence-electron chi connectivity index (χ3n) is 7.72. The van der Waals surface area contributed by atoms with E-state index < -0.39 is 5.41 Å². The first-order valence-corrected chi connectivity index (χ1v) is 15.0. The third kappa shape index (κ3) is 9.06. The first-order valence-electron chi connectivity index (χ1n) is 14.6. The van der Waals surface area contributed by atoms with Crippen molar-refractivity contribution >= 4 is 29.4 Å². The molecule has 2 amide bonds. The molecule has 1 saturated carbocycles. The third-order valence-corrected chi connectivity index (χ3v) is 8.06. The van der Waals surface area contributed by atoms with Crippen LogP contribution in [0.25, 0.3) is 0 Å². The molecule has 1 aromatic carbocycles. The van der Waals surface area contributed by atoms with Crippen molar-refractivity contribution in [3.8, 4) is 11.5 Å². The zero-order valence-electron chi connectivity index (χ0n) is 24.5. The smallest absolute Gasteiger partial charge is 0.314 e. The zero-order chi connectivity index (χ0) is 30.0. The van der Waals surface area contributed by atoms with E-state index in [0.29, 0.717) is 74.3 Å². The summed E-state index contributed by atoms with van der Waals surface area (Å²) in [6.07, 6.45) is 7.28. The van der Waals surface area contributed by atoms with E-state index in [2.05, 4.69) is 20.5 Å². The van der Waals surface area contributed by atoms with Gasteiger partial charge in [0.2, 0.25) is 5.91 Å². The summed E-state index contributed by atoms with van der Waals surface area (Å²) in [5, 5.41) is 6.53. The van der Waals surface area contributed by atoms with E-state index in [4.69, 9.17) is 25.8 Å². The number of rotatable bonds is 7. The highest BCUT2D eigenvalue weighted by atomic mass is 35.5. The largest absolute Gasteiger partial charge is 0.493 e. The van der Waals surface area contributed by atoms with E-state index in [1.807, 2.05) is 12.1 Å². The van der Waals surface area contributed by atoms with Crippen LogP contribution in [0.3, 0.4) is 0 Å². The second-order valence-corrected chi connectivity index (χ2v) is 11.5. The van der Waals surface area contributed by atoms with E-state index in [9.17, 15) is 14.4 Å². The number of carbonyl (C=O) groups excluding carboxylic acids is 3. The number of pyridine rings is 1. The van der Waals surface area contributed by atoms with Gasteiger partial charge in [0.1, 0.15) is 0 Å². The maximum atomic E-state index is 13.5. The number of hydrogen-bond donors (Lipinski definition) is 2. The van der Waals surface area contributed by atoms with Crippen LogP contribution >= 0.6 is 11.6 Å². The van der Waals surface area contributed by atoms with Gasteiger partial charge >= 0.3 is 5.97 Å². The molecule has 1 unspecified atom stereocenters. The molecule has 2 aromatic rings. The lowest BCUT2D eigenvalue weighted by Crippen LogP contribution is -2.46. The minimum absolute atomic E-state index is 0.116. The van der Waals surface area contributed by atoms with Gasteiger partial charge in [0.15, 0.2) is 18.1 Å². The second kappa shape index (κ2) is 15.2. The Morgan fingerprint density at radius 1 is 1.19 bits per heavy atom. The molecule has 10 nitrogen and oxygen atoms in total. The van der Waals surface area contributed by atoms with Gasteiger partial charge in [-0.3, -0.25) is 24.3 Å². The van der Waals surface area contributed by atoms with E-state index in [1.165, 1.54) is 7.11 Å². The lowest BCUT2D eigenvalue weighted by atomic mass is 9.76. The molecule has 1 fully saturated rings. The Balaban J connectivity index is 1.58. The molecule has 0 radical (unpaired) electrons. The lowest BCUT2D eigenvalue weighted by Gasteiger charge is -2.32. The average molecular weight is 601 g/mol. The Bertz CT molecular complexity index is 1240. The van der Waals surface area contributed by atoms with Gasteiger partial charge < -0.3 is 24.8 Å². The van der Waals surface area contributed by atoms with Crippen LogP contribution in [0.1, 0.15) is 50.2 Å². The molecule has 1 aliphatic heterocycles. The monoisotopic (exact) mass is 600 g/mol. The fraction of sp³-hybridized carbons (Fsp3) is 0.548. The number of esters is 1. The number of nitrogens with zero attached hydrogens (tertiary/aromatic N) is 2. The molecule has 2 bridgehead atoms. The van der Waals surface area contributed by atoms with Gasteiger partial charge in [0.25, 0.3) is 5.91 Å². The highest BCUT2D eigenvalue weighted by Crippen LogP contribution is 2.43. The summed E-state index contributed by atoms with van der Waals surface area (Å²) < 4.78 is 16.9. The highest BCUT2D eigenvalue weighted by molar-refractivity contribution is 6.31. The minimum atomic E-state index is -0.925. The summed E-state index contributed by atoms with van der Waals surface area (Å²) >= 11 is 6.35. The molecule has 1 aromatic heterocycles. The first kappa shape index (κ1) is 31.6. The van der Waals surface area contributed by atoms with Crippen LogP contribution in [0, 0.1) is 11.3 Å². The van der Waals surface area contributed by atoms with Gasteiger partial charge in [-0.05, 0) is 68.0 Å². The minimum Gasteiger partial charge on any atom is -0.493 e. The van der Waals surface area contributed by atoms with Crippen molar-refractivity contribution < 1.29 is 28.6 Å². The summed E-state index contributed by atoms with van der Waals surface area (Å²) in [5.74, 6) is 0.612. The van der Waals surface area contributed by atoms with Gasteiger partial charge in [-0.15, -0.1) is 0 Å². The van der Waals surface area contributed by atoms with E-state index in [-0.39, 0.29) is 37.5 Å². The average Bonchev–Trinajstić information content (AvgIpc) is 3.79.